The molecule has 0 unspecified atom stereocenters. The minimum absolute atomic E-state index is 0.0114. The first-order chi connectivity index (χ1) is 7.61. The summed E-state index contributed by atoms with van der Waals surface area (Å²) in [4.78, 5) is 13.8. The molecule has 1 N–H and O–H groups in total. The second-order valence-corrected chi connectivity index (χ2v) is 4.27. The van der Waals surface area contributed by atoms with E-state index in [4.69, 9.17) is 0 Å². The van der Waals surface area contributed by atoms with E-state index in [0.29, 0.717) is 5.69 Å². The van der Waals surface area contributed by atoms with Crippen molar-refractivity contribution in [1.29, 1.82) is 0 Å². The molecule has 1 heterocycles. The standard InChI is InChI=1S/C12H21N3O/c1-14(2)9-5-4-8-13-12(16)11-7-6-10-15(11)3/h6-7,10H,4-5,8-9H2,1-3H3,(H,13,16). The third kappa shape index (κ3) is 4.06. The van der Waals surface area contributed by atoms with Crippen LogP contribution >= 0.6 is 0 Å². The molecular formula is C12H21N3O. The molecule has 1 aromatic heterocycles. The van der Waals surface area contributed by atoms with Crippen LogP contribution in [0.25, 0.3) is 0 Å². The first kappa shape index (κ1) is 12.8. The highest BCUT2D eigenvalue weighted by Gasteiger charge is 2.06. The molecule has 16 heavy (non-hydrogen) atoms. The van der Waals surface area contributed by atoms with E-state index in [0.717, 1.165) is 25.9 Å². The van der Waals surface area contributed by atoms with Crippen LogP contribution in [0.4, 0.5) is 0 Å². The van der Waals surface area contributed by atoms with Gasteiger partial charge in [-0.1, -0.05) is 0 Å². The Morgan fingerprint density at radius 2 is 2.19 bits per heavy atom. The lowest BCUT2D eigenvalue weighted by Gasteiger charge is -2.09. The minimum atomic E-state index is 0.0114. The van der Waals surface area contributed by atoms with E-state index < -0.39 is 0 Å². The Morgan fingerprint density at radius 3 is 2.75 bits per heavy atom. The predicted molar refractivity (Wildman–Crippen MR) is 65.5 cm³/mol. The number of hydrogen-bond acceptors (Lipinski definition) is 2. The summed E-state index contributed by atoms with van der Waals surface area (Å²) in [5, 5.41) is 2.92. The molecule has 90 valence electrons. The van der Waals surface area contributed by atoms with Gasteiger partial charge in [-0.3, -0.25) is 4.79 Å². The molecular weight excluding hydrogens is 202 g/mol. The molecule has 0 aliphatic rings. The summed E-state index contributed by atoms with van der Waals surface area (Å²) in [6.07, 6.45) is 4.01. The van der Waals surface area contributed by atoms with Gasteiger partial charge < -0.3 is 14.8 Å². The number of amides is 1. The van der Waals surface area contributed by atoms with Crippen LogP contribution in [0, 0.1) is 0 Å². The molecule has 0 spiro atoms. The number of nitrogens with one attached hydrogen (secondary N) is 1. The van der Waals surface area contributed by atoms with Crippen LogP contribution in [-0.4, -0.2) is 42.6 Å². The number of rotatable bonds is 6. The second-order valence-electron chi connectivity index (χ2n) is 4.27. The monoisotopic (exact) mass is 223 g/mol. The number of nitrogens with zero attached hydrogens (tertiary/aromatic N) is 2. The van der Waals surface area contributed by atoms with E-state index in [2.05, 4.69) is 24.3 Å². The summed E-state index contributed by atoms with van der Waals surface area (Å²) in [7, 11) is 5.99. The SMILES string of the molecule is CN(C)CCCCNC(=O)c1cccn1C. The van der Waals surface area contributed by atoms with E-state index >= 15 is 0 Å². The Balaban J connectivity index is 2.19. The number of carbonyl (C=O) groups excluding carboxylic acids is 1. The Kier molecular flexibility index (Phi) is 5.05. The third-order valence-electron chi connectivity index (χ3n) is 2.49. The summed E-state index contributed by atoms with van der Waals surface area (Å²) in [6, 6.07) is 3.70. The number of unbranched alkanes of at least 4 members (excludes halogenated alkanes) is 1. The van der Waals surface area contributed by atoms with Crippen LogP contribution in [0.3, 0.4) is 0 Å². The molecule has 4 heteroatoms. The van der Waals surface area contributed by atoms with E-state index in [-0.39, 0.29) is 5.91 Å². The maximum absolute atomic E-state index is 11.7. The summed E-state index contributed by atoms with van der Waals surface area (Å²) >= 11 is 0. The van der Waals surface area contributed by atoms with Crippen molar-refractivity contribution < 1.29 is 4.79 Å². The quantitative estimate of drug-likeness (QED) is 0.733. The van der Waals surface area contributed by atoms with Crippen LogP contribution in [0.2, 0.25) is 0 Å². The molecule has 0 bridgehead atoms. The summed E-state index contributed by atoms with van der Waals surface area (Å²) in [5.41, 5.74) is 0.715. The predicted octanol–water partition coefficient (Wildman–Crippen LogP) is 1.10. The molecule has 0 aliphatic carbocycles. The van der Waals surface area contributed by atoms with Crippen LogP contribution in [-0.2, 0) is 7.05 Å². The van der Waals surface area contributed by atoms with Crippen molar-refractivity contribution in [2.75, 3.05) is 27.2 Å². The molecule has 0 atom stereocenters. The lowest BCUT2D eigenvalue weighted by molar-refractivity contribution is 0.0944. The van der Waals surface area contributed by atoms with Crippen molar-refractivity contribution >= 4 is 5.91 Å². The molecule has 0 fully saturated rings. The number of carbonyl (C=O) groups is 1. The summed E-state index contributed by atoms with van der Waals surface area (Å²) in [6.45, 7) is 1.82. The van der Waals surface area contributed by atoms with Crippen molar-refractivity contribution in [2.45, 2.75) is 12.8 Å². The Morgan fingerprint density at radius 1 is 1.44 bits per heavy atom. The van der Waals surface area contributed by atoms with E-state index in [9.17, 15) is 4.79 Å². The fourth-order valence-electron chi connectivity index (χ4n) is 1.54. The van der Waals surface area contributed by atoms with Crippen LogP contribution in [0.15, 0.2) is 18.3 Å². The Labute approximate surface area is 97.2 Å². The van der Waals surface area contributed by atoms with Gasteiger partial charge in [0.15, 0.2) is 0 Å². The average Bonchev–Trinajstić information content (AvgIpc) is 2.63. The van der Waals surface area contributed by atoms with Gasteiger partial charge in [-0.25, -0.2) is 0 Å². The molecule has 0 saturated heterocycles. The van der Waals surface area contributed by atoms with Gasteiger partial charge in [-0.2, -0.15) is 0 Å². The summed E-state index contributed by atoms with van der Waals surface area (Å²) < 4.78 is 1.83. The zero-order valence-corrected chi connectivity index (χ0v) is 10.4. The largest absolute Gasteiger partial charge is 0.351 e. The number of aryl methyl sites for hydroxylation is 1. The van der Waals surface area contributed by atoms with E-state index in [1.165, 1.54) is 0 Å². The smallest absolute Gasteiger partial charge is 0.267 e. The molecule has 0 aliphatic heterocycles. The van der Waals surface area contributed by atoms with Gasteiger partial charge in [-0.05, 0) is 45.6 Å². The van der Waals surface area contributed by atoms with Gasteiger partial charge in [-0.15, -0.1) is 0 Å². The van der Waals surface area contributed by atoms with Crippen LogP contribution in [0.1, 0.15) is 23.3 Å². The fraction of sp³-hybridized carbons (Fsp3) is 0.583. The first-order valence-electron chi connectivity index (χ1n) is 5.65. The zero-order chi connectivity index (χ0) is 12.0. The molecule has 1 aromatic rings. The van der Waals surface area contributed by atoms with Gasteiger partial charge in [0.2, 0.25) is 0 Å². The lowest BCUT2D eigenvalue weighted by atomic mass is 10.3. The highest BCUT2D eigenvalue weighted by molar-refractivity contribution is 5.92. The Bertz CT molecular complexity index is 331. The highest BCUT2D eigenvalue weighted by Crippen LogP contribution is 1.99. The first-order valence-corrected chi connectivity index (χ1v) is 5.65. The van der Waals surface area contributed by atoms with Crippen molar-refractivity contribution in [3.63, 3.8) is 0 Å². The fourth-order valence-corrected chi connectivity index (χ4v) is 1.54. The van der Waals surface area contributed by atoms with Gasteiger partial charge in [0.1, 0.15) is 5.69 Å². The zero-order valence-electron chi connectivity index (χ0n) is 10.4. The average molecular weight is 223 g/mol. The summed E-state index contributed by atoms with van der Waals surface area (Å²) in [5.74, 6) is 0.0114. The molecule has 0 aromatic carbocycles. The molecule has 0 saturated carbocycles. The maximum Gasteiger partial charge on any atom is 0.267 e. The minimum Gasteiger partial charge on any atom is -0.351 e. The van der Waals surface area contributed by atoms with E-state index in [1.54, 1.807) is 0 Å². The molecule has 0 radical (unpaired) electrons. The van der Waals surface area contributed by atoms with Gasteiger partial charge >= 0.3 is 0 Å². The van der Waals surface area contributed by atoms with Crippen molar-refractivity contribution in [3.05, 3.63) is 24.0 Å². The number of hydrogen-bond donors (Lipinski definition) is 1. The lowest BCUT2D eigenvalue weighted by Crippen LogP contribution is -2.26. The second kappa shape index (κ2) is 6.33. The van der Waals surface area contributed by atoms with Crippen molar-refractivity contribution in [3.8, 4) is 0 Å². The van der Waals surface area contributed by atoms with E-state index in [1.807, 2.05) is 29.9 Å². The Hall–Kier alpha value is -1.29. The highest BCUT2D eigenvalue weighted by atomic mass is 16.1. The number of aromatic nitrogens is 1. The van der Waals surface area contributed by atoms with Gasteiger partial charge in [0.05, 0.1) is 0 Å². The molecule has 1 amide bonds. The van der Waals surface area contributed by atoms with Crippen molar-refractivity contribution in [1.82, 2.24) is 14.8 Å². The normalized spacial score (nSPS) is 10.8. The van der Waals surface area contributed by atoms with Crippen molar-refractivity contribution in [2.24, 2.45) is 7.05 Å². The van der Waals surface area contributed by atoms with Crippen LogP contribution < -0.4 is 5.32 Å². The molecule has 1 rings (SSSR count). The van der Waals surface area contributed by atoms with Crippen LogP contribution in [0.5, 0.6) is 0 Å². The van der Waals surface area contributed by atoms with Gasteiger partial charge in [0.25, 0.3) is 5.91 Å². The van der Waals surface area contributed by atoms with Gasteiger partial charge in [0, 0.05) is 19.8 Å². The maximum atomic E-state index is 11.7. The molecule has 4 nitrogen and oxygen atoms in total. The third-order valence-corrected chi connectivity index (χ3v) is 2.49. The topological polar surface area (TPSA) is 37.3 Å².